The molecular formula is C10H14N4O4S. The summed E-state index contributed by atoms with van der Waals surface area (Å²) in [6, 6.07) is 6.06. The second-order valence-corrected chi connectivity index (χ2v) is 4.80. The second kappa shape index (κ2) is 6.05. The van der Waals surface area contributed by atoms with E-state index >= 15 is 0 Å². The first kappa shape index (κ1) is 14.8. The summed E-state index contributed by atoms with van der Waals surface area (Å²) >= 11 is 0. The maximum absolute atomic E-state index is 11.6. The number of amidine groups is 1. The molecule has 9 heteroatoms. The van der Waals surface area contributed by atoms with Gasteiger partial charge in [-0.1, -0.05) is 12.1 Å². The fourth-order valence-corrected chi connectivity index (χ4v) is 2.04. The zero-order valence-corrected chi connectivity index (χ0v) is 11.0. The number of hydrogen-bond donors (Lipinski definition) is 4. The molecule has 0 unspecified atom stereocenters. The van der Waals surface area contributed by atoms with Crippen LogP contribution in [0, 0.1) is 5.41 Å². The van der Waals surface area contributed by atoms with Crippen molar-refractivity contribution in [2.24, 2.45) is 5.73 Å². The molecular weight excluding hydrogens is 272 g/mol. The summed E-state index contributed by atoms with van der Waals surface area (Å²) in [6.07, 6.45) is -1.09. The lowest BCUT2D eigenvalue weighted by atomic mass is 10.2. The van der Waals surface area contributed by atoms with E-state index in [0.29, 0.717) is 0 Å². The number of carbonyl (C=O) groups excluding carboxylic acids is 1. The maximum atomic E-state index is 11.6. The quantitative estimate of drug-likeness (QED) is 0.458. The summed E-state index contributed by atoms with van der Waals surface area (Å²) in [5.41, 5.74) is 5.61. The minimum atomic E-state index is -4.14. The van der Waals surface area contributed by atoms with Gasteiger partial charge in [0.15, 0.2) is 0 Å². The molecule has 0 fully saturated rings. The number of benzene rings is 1. The lowest BCUT2D eigenvalue weighted by Gasteiger charge is -2.12. The average Bonchev–Trinajstić information content (AvgIpc) is 2.28. The number of nitrogens with two attached hydrogens (primary N) is 1. The van der Waals surface area contributed by atoms with Crippen molar-refractivity contribution in [2.45, 2.75) is 6.92 Å². The van der Waals surface area contributed by atoms with Crippen molar-refractivity contribution in [1.82, 2.24) is 4.72 Å². The molecule has 5 N–H and O–H groups in total. The van der Waals surface area contributed by atoms with Gasteiger partial charge in [0.2, 0.25) is 0 Å². The predicted octanol–water partition coefficient (Wildman–Crippen LogP) is 0.373. The second-order valence-electron chi connectivity index (χ2n) is 3.39. The number of rotatable bonds is 5. The molecule has 0 aliphatic heterocycles. The smallest absolute Gasteiger partial charge is 0.422 e. The SMILES string of the molecule is CCOC(=O)NS(=O)(=O)Nc1ccccc1C(=N)N. The third-order valence-electron chi connectivity index (χ3n) is 1.95. The van der Waals surface area contributed by atoms with E-state index in [4.69, 9.17) is 11.1 Å². The molecule has 0 radical (unpaired) electrons. The van der Waals surface area contributed by atoms with Crippen LogP contribution in [0.2, 0.25) is 0 Å². The molecule has 0 aliphatic rings. The lowest BCUT2D eigenvalue weighted by molar-refractivity contribution is 0.159. The first-order chi connectivity index (χ1) is 8.85. The van der Waals surface area contributed by atoms with E-state index in [1.54, 1.807) is 23.8 Å². The Kier molecular flexibility index (Phi) is 4.70. The standard InChI is InChI=1S/C10H14N4O4S/c1-2-18-10(15)14-19(16,17)13-8-6-4-3-5-7(8)9(11)12/h3-6,13H,2H2,1H3,(H3,11,12)(H,14,15). The van der Waals surface area contributed by atoms with Gasteiger partial charge < -0.3 is 10.5 Å². The summed E-state index contributed by atoms with van der Waals surface area (Å²) in [7, 11) is -4.14. The number of anilines is 1. The Hall–Kier alpha value is -2.29. The predicted molar refractivity (Wildman–Crippen MR) is 70.2 cm³/mol. The summed E-state index contributed by atoms with van der Waals surface area (Å²) < 4.78 is 31.5. The minimum absolute atomic E-state index is 0.0470. The van der Waals surface area contributed by atoms with Crippen molar-refractivity contribution >= 4 is 27.8 Å². The third-order valence-corrected chi connectivity index (χ3v) is 2.88. The molecule has 1 rings (SSSR count). The number of ether oxygens (including phenoxy) is 1. The van der Waals surface area contributed by atoms with Crippen molar-refractivity contribution < 1.29 is 17.9 Å². The average molecular weight is 286 g/mol. The first-order valence-electron chi connectivity index (χ1n) is 5.26. The van der Waals surface area contributed by atoms with Crippen LogP contribution >= 0.6 is 0 Å². The van der Waals surface area contributed by atoms with Crippen LogP contribution in [-0.2, 0) is 14.9 Å². The van der Waals surface area contributed by atoms with Gasteiger partial charge in [0.25, 0.3) is 0 Å². The molecule has 0 saturated heterocycles. The molecule has 0 aromatic heterocycles. The van der Waals surface area contributed by atoms with Gasteiger partial charge in [0.1, 0.15) is 5.84 Å². The van der Waals surface area contributed by atoms with Crippen molar-refractivity contribution in [2.75, 3.05) is 11.3 Å². The molecule has 0 saturated carbocycles. The van der Waals surface area contributed by atoms with Gasteiger partial charge in [-0.05, 0) is 19.1 Å². The van der Waals surface area contributed by atoms with E-state index in [2.05, 4.69) is 9.46 Å². The highest BCUT2D eigenvalue weighted by molar-refractivity contribution is 7.91. The van der Waals surface area contributed by atoms with Gasteiger partial charge >= 0.3 is 16.3 Å². The zero-order chi connectivity index (χ0) is 14.5. The fourth-order valence-electron chi connectivity index (χ4n) is 1.25. The Morgan fingerprint density at radius 2 is 2.05 bits per heavy atom. The number of nitrogens with one attached hydrogen (secondary N) is 3. The van der Waals surface area contributed by atoms with E-state index < -0.39 is 16.3 Å². The number of hydrogen-bond acceptors (Lipinski definition) is 5. The highest BCUT2D eigenvalue weighted by Gasteiger charge is 2.17. The maximum Gasteiger partial charge on any atom is 0.422 e. The molecule has 0 aliphatic carbocycles. The van der Waals surface area contributed by atoms with Gasteiger partial charge in [-0.2, -0.15) is 8.42 Å². The van der Waals surface area contributed by atoms with Gasteiger partial charge in [-0.3, -0.25) is 10.1 Å². The monoisotopic (exact) mass is 286 g/mol. The molecule has 0 heterocycles. The molecule has 0 spiro atoms. The molecule has 1 aromatic rings. The number of nitrogen functional groups attached to an aromatic ring is 1. The van der Waals surface area contributed by atoms with E-state index in [1.165, 1.54) is 12.1 Å². The highest BCUT2D eigenvalue weighted by Crippen LogP contribution is 2.15. The largest absolute Gasteiger partial charge is 0.449 e. The topological polar surface area (TPSA) is 134 Å². The van der Waals surface area contributed by atoms with Crippen LogP contribution in [0.5, 0.6) is 0 Å². The van der Waals surface area contributed by atoms with Gasteiger partial charge in [0, 0.05) is 5.56 Å². The Morgan fingerprint density at radius 1 is 1.42 bits per heavy atom. The summed E-state index contributed by atoms with van der Waals surface area (Å²) in [4.78, 5) is 11.0. The highest BCUT2D eigenvalue weighted by atomic mass is 32.2. The molecule has 1 amide bonds. The van der Waals surface area contributed by atoms with Gasteiger partial charge in [0.05, 0.1) is 12.3 Å². The number of amides is 1. The van der Waals surface area contributed by atoms with Crippen LogP contribution in [0.1, 0.15) is 12.5 Å². The number of carbonyl (C=O) groups is 1. The normalized spacial score (nSPS) is 10.6. The van der Waals surface area contributed by atoms with E-state index in [0.717, 1.165) is 0 Å². The Labute approximate surface area is 110 Å². The van der Waals surface area contributed by atoms with Crippen molar-refractivity contribution in [3.63, 3.8) is 0 Å². The third kappa shape index (κ3) is 4.47. The fraction of sp³-hybridized carbons (Fsp3) is 0.200. The molecule has 0 atom stereocenters. The van der Waals surface area contributed by atoms with Crippen LogP contribution in [0.25, 0.3) is 0 Å². The molecule has 104 valence electrons. The Balaban J connectivity index is 2.90. The van der Waals surface area contributed by atoms with Crippen LogP contribution in [0.3, 0.4) is 0 Å². The van der Waals surface area contributed by atoms with E-state index in [1.807, 2.05) is 0 Å². The minimum Gasteiger partial charge on any atom is -0.449 e. The lowest BCUT2D eigenvalue weighted by Crippen LogP contribution is -2.36. The van der Waals surface area contributed by atoms with Gasteiger partial charge in [-0.15, -0.1) is 0 Å². The Morgan fingerprint density at radius 3 is 2.63 bits per heavy atom. The zero-order valence-electron chi connectivity index (χ0n) is 10.1. The summed E-state index contributed by atoms with van der Waals surface area (Å²) in [6.45, 7) is 1.59. The van der Waals surface area contributed by atoms with Crippen LogP contribution in [-0.4, -0.2) is 27.0 Å². The van der Waals surface area contributed by atoms with E-state index in [-0.39, 0.29) is 23.7 Å². The summed E-state index contributed by atoms with van der Waals surface area (Å²) in [5.74, 6) is -0.297. The van der Waals surface area contributed by atoms with Gasteiger partial charge in [-0.25, -0.2) is 9.52 Å². The van der Waals surface area contributed by atoms with Crippen molar-refractivity contribution in [3.05, 3.63) is 29.8 Å². The molecule has 19 heavy (non-hydrogen) atoms. The van der Waals surface area contributed by atoms with Crippen LogP contribution < -0.4 is 15.2 Å². The first-order valence-corrected chi connectivity index (χ1v) is 6.74. The molecule has 8 nitrogen and oxygen atoms in total. The van der Waals surface area contributed by atoms with Crippen molar-refractivity contribution in [1.29, 1.82) is 5.41 Å². The summed E-state index contributed by atoms with van der Waals surface area (Å²) in [5, 5.41) is 7.32. The van der Waals surface area contributed by atoms with Crippen LogP contribution in [0.4, 0.5) is 10.5 Å². The molecule has 0 bridgehead atoms. The Bertz CT molecular complexity index is 585. The molecule has 1 aromatic carbocycles. The number of para-hydroxylation sites is 1. The van der Waals surface area contributed by atoms with Crippen molar-refractivity contribution in [3.8, 4) is 0 Å². The van der Waals surface area contributed by atoms with E-state index in [9.17, 15) is 13.2 Å². The van der Waals surface area contributed by atoms with Crippen LogP contribution in [0.15, 0.2) is 24.3 Å².